The van der Waals surface area contributed by atoms with Gasteiger partial charge in [0.15, 0.2) is 0 Å². The zero-order valence-corrected chi connectivity index (χ0v) is 12.2. The average molecular weight is 303 g/mol. The monoisotopic (exact) mass is 303 g/mol. The molecule has 1 amide bonds. The Hall–Kier alpha value is -1.67. The van der Waals surface area contributed by atoms with Crippen LogP contribution in [-0.4, -0.2) is 38.8 Å². The van der Waals surface area contributed by atoms with Crippen molar-refractivity contribution in [1.82, 2.24) is 9.62 Å². The lowest BCUT2D eigenvalue weighted by atomic mass is 10.3. The third-order valence-electron chi connectivity index (χ3n) is 2.70. The summed E-state index contributed by atoms with van der Waals surface area (Å²) in [5.74, 6) is -1.25. The van der Waals surface area contributed by atoms with E-state index in [1.165, 1.54) is 19.2 Å². The van der Waals surface area contributed by atoms with Gasteiger partial charge in [-0.25, -0.2) is 12.8 Å². The Kier molecular flexibility index (Phi) is 5.46. The van der Waals surface area contributed by atoms with Gasteiger partial charge in [0.25, 0.3) is 0 Å². The Morgan fingerprint density at radius 1 is 1.45 bits per heavy atom. The number of hydrogen-bond donors (Lipinski definition) is 2. The lowest BCUT2D eigenvalue weighted by Gasteiger charge is -2.21. The number of nitrogens with one attached hydrogen (secondary N) is 1. The summed E-state index contributed by atoms with van der Waals surface area (Å²) in [4.78, 5) is 11.1. The van der Waals surface area contributed by atoms with E-state index in [0.717, 1.165) is 10.4 Å². The number of hydrogen-bond acceptors (Lipinski definition) is 4. The van der Waals surface area contributed by atoms with Gasteiger partial charge in [-0.15, -0.1) is 0 Å². The van der Waals surface area contributed by atoms with Gasteiger partial charge in [0.05, 0.1) is 12.2 Å². The second kappa shape index (κ2) is 6.67. The number of likely N-dealkylation sites (N-methyl/N-ethyl adjacent to an activating group) is 1. The van der Waals surface area contributed by atoms with E-state index in [2.05, 4.69) is 5.32 Å². The molecule has 3 N–H and O–H groups in total. The predicted molar refractivity (Wildman–Crippen MR) is 73.9 cm³/mol. The Morgan fingerprint density at radius 3 is 2.65 bits per heavy atom. The molecule has 0 unspecified atom stereocenters. The smallest absolute Gasteiger partial charge is 0.245 e. The van der Waals surface area contributed by atoms with Crippen LogP contribution in [0.25, 0.3) is 0 Å². The van der Waals surface area contributed by atoms with E-state index in [1.54, 1.807) is 6.92 Å². The molecule has 8 heteroatoms. The molecule has 0 aliphatic heterocycles. The number of amides is 1. The molecule has 20 heavy (non-hydrogen) atoms. The van der Waals surface area contributed by atoms with Crippen LogP contribution >= 0.6 is 0 Å². The van der Waals surface area contributed by atoms with Gasteiger partial charge in [0.2, 0.25) is 15.9 Å². The van der Waals surface area contributed by atoms with E-state index in [0.29, 0.717) is 6.42 Å². The van der Waals surface area contributed by atoms with Crippen molar-refractivity contribution in [3.05, 3.63) is 24.0 Å². The molecule has 6 nitrogen and oxygen atoms in total. The van der Waals surface area contributed by atoms with Crippen molar-refractivity contribution in [2.24, 2.45) is 0 Å². The van der Waals surface area contributed by atoms with Gasteiger partial charge in [0.1, 0.15) is 10.7 Å². The Labute approximate surface area is 117 Å². The standard InChI is InChI=1S/C12H18FN3O3S/c1-3-7-16(8-11(17)15-2)20(18,19)10-6-4-5-9(13)12(10)14/h4-6H,3,7-8,14H2,1-2H3,(H,15,17). The number of benzene rings is 1. The van der Waals surface area contributed by atoms with Crippen molar-refractivity contribution < 1.29 is 17.6 Å². The summed E-state index contributed by atoms with van der Waals surface area (Å²) in [6.07, 6.45) is 0.519. The van der Waals surface area contributed by atoms with Crippen LogP contribution in [0, 0.1) is 5.82 Å². The van der Waals surface area contributed by atoms with E-state index < -0.39 is 27.4 Å². The van der Waals surface area contributed by atoms with E-state index in [9.17, 15) is 17.6 Å². The van der Waals surface area contributed by atoms with E-state index in [-0.39, 0.29) is 18.0 Å². The molecule has 112 valence electrons. The molecule has 0 aromatic heterocycles. The highest BCUT2D eigenvalue weighted by Crippen LogP contribution is 2.24. The number of anilines is 1. The van der Waals surface area contributed by atoms with Crippen LogP contribution in [0.5, 0.6) is 0 Å². The lowest BCUT2D eigenvalue weighted by Crippen LogP contribution is -2.40. The molecule has 0 radical (unpaired) electrons. The molecule has 0 spiro atoms. The van der Waals surface area contributed by atoms with Crippen LogP contribution in [0.4, 0.5) is 10.1 Å². The van der Waals surface area contributed by atoms with Crippen LogP contribution in [-0.2, 0) is 14.8 Å². The third kappa shape index (κ3) is 3.45. The highest BCUT2D eigenvalue weighted by molar-refractivity contribution is 7.89. The number of sulfonamides is 1. The Bertz CT molecular complexity index is 590. The topological polar surface area (TPSA) is 92.5 Å². The van der Waals surface area contributed by atoms with Crippen molar-refractivity contribution in [2.45, 2.75) is 18.2 Å². The highest BCUT2D eigenvalue weighted by atomic mass is 32.2. The van der Waals surface area contributed by atoms with Gasteiger partial charge in [-0.05, 0) is 18.6 Å². The average Bonchev–Trinajstić information content (AvgIpc) is 2.40. The third-order valence-corrected chi connectivity index (χ3v) is 4.61. The van der Waals surface area contributed by atoms with Crippen LogP contribution in [0.3, 0.4) is 0 Å². The number of carbonyl (C=O) groups excluding carboxylic acids is 1. The summed E-state index contributed by atoms with van der Waals surface area (Å²) in [6, 6.07) is 3.57. The second-order valence-electron chi connectivity index (χ2n) is 4.16. The lowest BCUT2D eigenvalue weighted by molar-refractivity contribution is -0.120. The first kappa shape index (κ1) is 16.4. The minimum atomic E-state index is -4.01. The number of nitrogens with zero attached hydrogens (tertiary/aromatic N) is 1. The summed E-state index contributed by atoms with van der Waals surface area (Å²) >= 11 is 0. The van der Waals surface area contributed by atoms with Crippen molar-refractivity contribution in [3.63, 3.8) is 0 Å². The fraction of sp³-hybridized carbons (Fsp3) is 0.417. The van der Waals surface area contributed by atoms with Crippen LogP contribution in [0.2, 0.25) is 0 Å². The molecular formula is C12H18FN3O3S. The normalized spacial score (nSPS) is 11.6. The zero-order chi connectivity index (χ0) is 15.3. The molecule has 1 aromatic rings. The van der Waals surface area contributed by atoms with Crippen molar-refractivity contribution in [2.75, 3.05) is 25.9 Å². The molecule has 0 atom stereocenters. The molecular weight excluding hydrogens is 285 g/mol. The highest BCUT2D eigenvalue weighted by Gasteiger charge is 2.28. The maximum atomic E-state index is 13.4. The maximum Gasteiger partial charge on any atom is 0.245 e. The van der Waals surface area contributed by atoms with Crippen LogP contribution < -0.4 is 11.1 Å². The molecule has 1 rings (SSSR count). The predicted octanol–water partition coefficient (Wildman–Crippen LogP) is 0.555. The van der Waals surface area contributed by atoms with Crippen molar-refractivity contribution >= 4 is 21.6 Å². The van der Waals surface area contributed by atoms with Gasteiger partial charge in [0, 0.05) is 13.6 Å². The van der Waals surface area contributed by atoms with Gasteiger partial charge < -0.3 is 11.1 Å². The summed E-state index contributed by atoms with van der Waals surface area (Å²) in [6.45, 7) is 1.59. The van der Waals surface area contributed by atoms with Crippen molar-refractivity contribution in [1.29, 1.82) is 0 Å². The fourth-order valence-electron chi connectivity index (χ4n) is 1.65. The fourth-order valence-corrected chi connectivity index (χ4v) is 3.27. The van der Waals surface area contributed by atoms with Crippen LogP contribution in [0.1, 0.15) is 13.3 Å². The second-order valence-corrected chi connectivity index (χ2v) is 6.07. The molecule has 0 aliphatic carbocycles. The van der Waals surface area contributed by atoms with Gasteiger partial charge in [-0.1, -0.05) is 13.0 Å². The number of para-hydroxylation sites is 1. The first-order valence-corrected chi connectivity index (χ1v) is 7.53. The van der Waals surface area contributed by atoms with Crippen molar-refractivity contribution in [3.8, 4) is 0 Å². The quantitative estimate of drug-likeness (QED) is 0.751. The summed E-state index contributed by atoms with van der Waals surface area (Å²) in [5.41, 5.74) is 5.05. The van der Waals surface area contributed by atoms with E-state index >= 15 is 0 Å². The zero-order valence-electron chi connectivity index (χ0n) is 11.4. The number of halogens is 1. The summed E-state index contributed by atoms with van der Waals surface area (Å²) in [5, 5.41) is 2.35. The molecule has 0 saturated carbocycles. The van der Waals surface area contributed by atoms with Crippen LogP contribution in [0.15, 0.2) is 23.1 Å². The number of carbonyl (C=O) groups is 1. The molecule has 0 fully saturated rings. The molecule has 0 bridgehead atoms. The molecule has 0 aliphatic rings. The van der Waals surface area contributed by atoms with E-state index in [1.807, 2.05) is 0 Å². The Balaban J connectivity index is 3.22. The molecule has 0 heterocycles. The number of nitrogens with two attached hydrogens (primary N) is 1. The Morgan fingerprint density at radius 2 is 2.10 bits per heavy atom. The first-order valence-electron chi connectivity index (χ1n) is 6.09. The molecule has 0 saturated heterocycles. The largest absolute Gasteiger partial charge is 0.395 e. The van der Waals surface area contributed by atoms with Gasteiger partial charge in [-0.2, -0.15) is 4.31 Å². The minimum Gasteiger partial charge on any atom is -0.395 e. The molecule has 1 aromatic carbocycles. The SMILES string of the molecule is CCCN(CC(=O)NC)S(=O)(=O)c1cccc(F)c1N. The summed E-state index contributed by atoms with van der Waals surface area (Å²) in [7, 11) is -2.60. The maximum absolute atomic E-state index is 13.4. The first-order chi connectivity index (χ1) is 9.34. The minimum absolute atomic E-state index is 0.145. The number of rotatable bonds is 6. The van der Waals surface area contributed by atoms with E-state index in [4.69, 9.17) is 5.73 Å². The number of nitrogen functional groups attached to an aromatic ring is 1. The summed E-state index contributed by atoms with van der Waals surface area (Å²) < 4.78 is 39.3. The van der Waals surface area contributed by atoms with Gasteiger partial charge >= 0.3 is 0 Å². The van der Waals surface area contributed by atoms with Gasteiger partial charge in [-0.3, -0.25) is 4.79 Å².